The first-order valence-electron chi connectivity index (χ1n) is 14.9. The van der Waals surface area contributed by atoms with Gasteiger partial charge in [0.2, 0.25) is 5.69 Å². The Balaban J connectivity index is 1.56. The van der Waals surface area contributed by atoms with Gasteiger partial charge in [-0.1, -0.05) is 70.9 Å². The zero-order valence-electron chi connectivity index (χ0n) is 24.8. The van der Waals surface area contributed by atoms with Crippen LogP contribution >= 0.6 is 0 Å². The fourth-order valence-electron chi connectivity index (χ4n) is 7.40. The van der Waals surface area contributed by atoms with Crippen LogP contribution in [0.2, 0.25) is 0 Å². The molecule has 38 heavy (non-hydrogen) atoms. The van der Waals surface area contributed by atoms with Gasteiger partial charge >= 0.3 is 0 Å². The highest BCUT2D eigenvalue weighted by Gasteiger charge is 2.39. The Kier molecular flexibility index (Phi) is 4.91. The quantitative estimate of drug-likeness (QED) is 0.219. The van der Waals surface area contributed by atoms with Crippen LogP contribution in [-0.2, 0) is 17.9 Å². The van der Waals surface area contributed by atoms with Crippen molar-refractivity contribution in [2.45, 2.75) is 89.9 Å². The minimum atomic E-state index is -0.480. The monoisotopic (exact) mass is 503 g/mol. The zero-order chi connectivity index (χ0) is 27.3. The molecule has 5 aromatic rings. The van der Waals surface area contributed by atoms with Crippen molar-refractivity contribution in [3.05, 3.63) is 77.0 Å². The minimum absolute atomic E-state index is 0.0842. The highest BCUT2D eigenvalue weighted by atomic mass is 16.3. The highest BCUT2D eigenvalue weighted by Crippen LogP contribution is 2.51. The fraction of sp³-hybridized carbons (Fsp3) is 0.417. The van der Waals surface area contributed by atoms with Crippen LogP contribution in [0, 0.1) is 6.92 Å². The van der Waals surface area contributed by atoms with Crippen LogP contribution in [0.25, 0.3) is 44.0 Å². The predicted molar refractivity (Wildman–Crippen MR) is 159 cm³/mol. The molecule has 2 aromatic heterocycles. The predicted octanol–water partition coefficient (Wildman–Crippen LogP) is 9.55. The van der Waals surface area contributed by atoms with E-state index in [-0.39, 0.29) is 10.8 Å². The Morgan fingerprint density at radius 2 is 1.55 bits per heavy atom. The largest absolute Gasteiger partial charge is 0.454 e. The lowest BCUT2D eigenvalue weighted by Crippen LogP contribution is -2.34. The molecular formula is C36H40NO+. The van der Waals surface area contributed by atoms with Gasteiger partial charge in [-0.2, -0.15) is 0 Å². The second kappa shape index (κ2) is 8.18. The van der Waals surface area contributed by atoms with Gasteiger partial charge in [-0.25, -0.2) is 4.57 Å². The van der Waals surface area contributed by atoms with E-state index in [9.17, 15) is 1.37 Å². The summed E-state index contributed by atoms with van der Waals surface area (Å²) in [6.07, 6.45) is 8.67. The average Bonchev–Trinajstić information content (AvgIpc) is 3.51. The second-order valence-electron chi connectivity index (χ2n) is 13.3. The highest BCUT2D eigenvalue weighted by molar-refractivity contribution is 6.18. The normalized spacial score (nSPS) is 20.2. The van der Waals surface area contributed by atoms with Gasteiger partial charge in [0.1, 0.15) is 18.2 Å². The molecule has 0 atom stereocenters. The van der Waals surface area contributed by atoms with Crippen molar-refractivity contribution < 1.29 is 10.4 Å². The third kappa shape index (κ3) is 3.42. The first kappa shape index (κ1) is 22.8. The lowest BCUT2D eigenvalue weighted by Gasteiger charge is -2.42. The van der Waals surface area contributed by atoms with Gasteiger partial charge in [0.25, 0.3) is 0 Å². The number of hydrogen-bond donors (Lipinski definition) is 0. The summed E-state index contributed by atoms with van der Waals surface area (Å²) in [6, 6.07) is 18.1. The Morgan fingerprint density at radius 1 is 0.868 bits per heavy atom. The molecule has 0 unspecified atom stereocenters. The summed E-state index contributed by atoms with van der Waals surface area (Å²) in [4.78, 5) is 0. The van der Waals surface area contributed by atoms with E-state index in [0.29, 0.717) is 0 Å². The molecule has 194 valence electrons. The number of nitrogens with zero attached hydrogens (tertiary/aromatic N) is 1. The maximum absolute atomic E-state index is 9.17. The van der Waals surface area contributed by atoms with Gasteiger partial charge in [0, 0.05) is 29.7 Å². The topological polar surface area (TPSA) is 17.0 Å². The fourth-order valence-corrected chi connectivity index (χ4v) is 7.40. The van der Waals surface area contributed by atoms with Crippen molar-refractivity contribution in [3.63, 3.8) is 0 Å². The van der Waals surface area contributed by atoms with Gasteiger partial charge in [-0.05, 0) is 83.0 Å². The lowest BCUT2D eigenvalue weighted by molar-refractivity contribution is -0.660. The van der Waals surface area contributed by atoms with Crippen LogP contribution in [0.3, 0.4) is 0 Å². The molecule has 2 heterocycles. The number of fused-ring (bicyclic) bond motifs is 7. The summed E-state index contributed by atoms with van der Waals surface area (Å²) in [5.41, 5.74) is 9.74. The molecule has 2 aliphatic rings. The number of aromatic nitrogens is 1. The van der Waals surface area contributed by atoms with E-state index in [1.54, 1.807) is 0 Å². The maximum atomic E-state index is 9.17. The number of rotatable bonds is 2. The van der Waals surface area contributed by atoms with Gasteiger partial charge in [-0.15, -0.1) is 0 Å². The molecular weight excluding hydrogens is 462 g/mol. The van der Waals surface area contributed by atoms with Crippen LogP contribution in [0.4, 0.5) is 0 Å². The van der Waals surface area contributed by atoms with Crippen LogP contribution in [0.1, 0.15) is 95.7 Å². The molecule has 2 nitrogen and oxygen atoms in total. The lowest BCUT2D eigenvalue weighted by atomic mass is 9.62. The van der Waals surface area contributed by atoms with Crippen molar-refractivity contribution >= 4 is 32.7 Å². The molecule has 0 saturated heterocycles. The summed E-state index contributed by atoms with van der Waals surface area (Å²) < 4.78 is 18.4. The van der Waals surface area contributed by atoms with Crippen molar-refractivity contribution in [2.24, 2.45) is 7.05 Å². The van der Waals surface area contributed by atoms with E-state index in [1.807, 2.05) is 0 Å². The minimum Gasteiger partial charge on any atom is -0.454 e. The van der Waals surface area contributed by atoms with E-state index >= 15 is 0 Å². The number of pyridine rings is 1. The summed E-state index contributed by atoms with van der Waals surface area (Å²) >= 11 is 0. The number of aryl methyl sites for hydroxylation is 2. The van der Waals surface area contributed by atoms with Gasteiger partial charge in [0.05, 0.1) is 5.56 Å². The molecule has 0 amide bonds. The molecule has 0 bridgehead atoms. The summed E-state index contributed by atoms with van der Waals surface area (Å²) in [7, 11) is 2.11. The van der Waals surface area contributed by atoms with Crippen LogP contribution in [0.5, 0.6) is 0 Å². The number of hydrogen-bond acceptors (Lipinski definition) is 1. The summed E-state index contributed by atoms with van der Waals surface area (Å²) in [5.74, 6) is -0.480. The van der Waals surface area contributed by atoms with Crippen LogP contribution in [0.15, 0.2) is 59.1 Å². The Labute approximate surface area is 228 Å². The number of furan rings is 1. The van der Waals surface area contributed by atoms with Crippen LogP contribution in [-0.4, -0.2) is 0 Å². The molecule has 2 aliphatic carbocycles. The van der Waals surface area contributed by atoms with Crippen LogP contribution < -0.4 is 4.57 Å². The molecule has 7 rings (SSSR count). The molecule has 0 radical (unpaired) electrons. The molecule has 2 heteroatoms. The van der Waals surface area contributed by atoms with Crippen molar-refractivity contribution in [1.82, 2.24) is 0 Å². The molecule has 1 fully saturated rings. The Morgan fingerprint density at radius 3 is 2.34 bits per heavy atom. The van der Waals surface area contributed by atoms with Gasteiger partial charge < -0.3 is 4.42 Å². The molecule has 0 spiro atoms. The summed E-state index contributed by atoms with van der Waals surface area (Å²) in [6.45, 7) is 11.8. The number of benzene rings is 3. The smallest absolute Gasteiger partial charge is 0.216 e. The average molecular weight is 504 g/mol. The molecule has 0 aliphatic heterocycles. The van der Waals surface area contributed by atoms with Crippen molar-refractivity contribution in [1.29, 1.82) is 0 Å². The van der Waals surface area contributed by atoms with E-state index < -0.39 is 5.89 Å². The molecule has 0 N–H and O–H groups in total. The van der Waals surface area contributed by atoms with E-state index in [4.69, 9.17) is 4.42 Å². The van der Waals surface area contributed by atoms with Gasteiger partial charge in [-0.3, -0.25) is 0 Å². The van der Waals surface area contributed by atoms with Crippen molar-refractivity contribution in [3.8, 4) is 11.3 Å². The van der Waals surface area contributed by atoms with E-state index in [1.165, 1.54) is 51.1 Å². The zero-order valence-corrected chi connectivity index (χ0v) is 23.8. The first-order chi connectivity index (χ1) is 18.5. The second-order valence-corrected chi connectivity index (χ2v) is 13.3. The third-order valence-electron chi connectivity index (χ3n) is 9.80. The van der Waals surface area contributed by atoms with Gasteiger partial charge in [0.15, 0.2) is 6.20 Å². The Hall–Kier alpha value is -3.13. The standard InChI is InChI=1S/C36H40NO/c1-22-11-14-26-27-15-12-24-13-16-28-32(36(4,5)19-18-35(28,2)3)31(24)34(27)38-33(26)30(22)29-21-25(17-20-37(29)6)23-9-7-8-10-23/h11-17,20-21,23H,7-10,18-19H2,1-6H3/q+1/i23D. The maximum Gasteiger partial charge on any atom is 0.216 e. The molecule has 1 saturated carbocycles. The van der Waals surface area contributed by atoms with Crippen molar-refractivity contribution in [2.75, 3.05) is 0 Å². The van der Waals surface area contributed by atoms with E-state index in [0.717, 1.165) is 53.7 Å². The van der Waals surface area contributed by atoms with E-state index in [2.05, 4.69) is 101 Å². The third-order valence-corrected chi connectivity index (χ3v) is 9.80. The summed E-state index contributed by atoms with van der Waals surface area (Å²) in [5, 5.41) is 4.91. The first-order valence-corrected chi connectivity index (χ1v) is 14.4. The SMILES string of the molecule is [2H]C1(c2cc[n+](C)c(-c3c(C)ccc4c3oc3c4ccc4ccc5c(c43)C(C)(C)CCC5(C)C)c2)CCCC1. The Bertz CT molecular complexity index is 1800. The molecule has 3 aromatic carbocycles.